The number of thiophene rings is 1. The van der Waals surface area contributed by atoms with Gasteiger partial charge in [-0.3, -0.25) is 9.59 Å². The van der Waals surface area contributed by atoms with E-state index in [1.54, 1.807) is 4.90 Å². The topological polar surface area (TPSA) is 49.4 Å². The first-order valence-corrected chi connectivity index (χ1v) is 9.22. The minimum Gasteiger partial charge on any atom is -0.321 e. The van der Waals surface area contributed by atoms with Crippen molar-refractivity contribution in [3.8, 4) is 0 Å². The second kappa shape index (κ2) is 6.50. The summed E-state index contributed by atoms with van der Waals surface area (Å²) in [6, 6.07) is 15.0. The number of hydrogen-bond acceptors (Lipinski definition) is 3. The lowest BCUT2D eigenvalue weighted by Gasteiger charge is -2.16. The van der Waals surface area contributed by atoms with Crippen LogP contribution in [0.3, 0.4) is 0 Å². The number of nitrogens with zero attached hydrogens (tertiary/aromatic N) is 1. The highest BCUT2D eigenvalue weighted by Crippen LogP contribution is 2.35. The first kappa shape index (κ1) is 16.1. The van der Waals surface area contributed by atoms with E-state index in [1.807, 2.05) is 48.5 Å². The van der Waals surface area contributed by atoms with Gasteiger partial charge in [0.15, 0.2) is 0 Å². The zero-order valence-corrected chi connectivity index (χ0v) is 14.9. The van der Waals surface area contributed by atoms with Gasteiger partial charge in [-0.25, -0.2) is 0 Å². The number of benzene rings is 2. The molecule has 3 aromatic rings. The van der Waals surface area contributed by atoms with Crippen molar-refractivity contribution >= 4 is 56.2 Å². The van der Waals surface area contributed by atoms with Crippen LogP contribution in [-0.4, -0.2) is 18.4 Å². The Morgan fingerprint density at radius 3 is 2.76 bits per heavy atom. The third kappa shape index (κ3) is 3.01. The molecule has 2 aromatic carbocycles. The molecule has 1 saturated heterocycles. The van der Waals surface area contributed by atoms with Crippen molar-refractivity contribution in [2.75, 3.05) is 16.8 Å². The van der Waals surface area contributed by atoms with Gasteiger partial charge in [0.2, 0.25) is 5.91 Å². The molecule has 0 atom stereocenters. The van der Waals surface area contributed by atoms with Crippen molar-refractivity contribution in [2.45, 2.75) is 12.8 Å². The van der Waals surface area contributed by atoms with E-state index < -0.39 is 0 Å². The number of carbonyl (C=O) groups is 2. The maximum atomic E-state index is 12.6. The lowest BCUT2D eigenvalue weighted by Crippen LogP contribution is -2.23. The minimum atomic E-state index is -0.240. The number of rotatable bonds is 3. The van der Waals surface area contributed by atoms with E-state index in [1.165, 1.54) is 11.3 Å². The molecule has 1 aliphatic heterocycles. The van der Waals surface area contributed by atoms with Crippen molar-refractivity contribution in [3.05, 3.63) is 58.4 Å². The number of amides is 2. The Labute approximate surface area is 154 Å². The van der Waals surface area contributed by atoms with Crippen molar-refractivity contribution in [2.24, 2.45) is 0 Å². The molecular formula is C19H15ClN2O2S. The monoisotopic (exact) mass is 370 g/mol. The molecule has 126 valence electrons. The molecule has 2 amide bonds. The molecule has 1 aliphatic rings. The van der Waals surface area contributed by atoms with Gasteiger partial charge in [0.05, 0.1) is 5.02 Å². The summed E-state index contributed by atoms with van der Waals surface area (Å²) >= 11 is 7.74. The second-order valence-corrected chi connectivity index (χ2v) is 7.32. The molecular weight excluding hydrogens is 356 g/mol. The van der Waals surface area contributed by atoms with Crippen LogP contribution in [0.1, 0.15) is 22.5 Å². The molecule has 1 N–H and O–H groups in total. The van der Waals surface area contributed by atoms with Crippen molar-refractivity contribution in [1.29, 1.82) is 0 Å². The molecule has 4 rings (SSSR count). The van der Waals surface area contributed by atoms with Gasteiger partial charge in [-0.1, -0.05) is 35.9 Å². The number of hydrogen-bond donors (Lipinski definition) is 1. The van der Waals surface area contributed by atoms with E-state index in [4.69, 9.17) is 11.6 Å². The maximum Gasteiger partial charge on any atom is 0.267 e. The second-order valence-electron chi connectivity index (χ2n) is 5.89. The zero-order valence-electron chi connectivity index (χ0n) is 13.3. The van der Waals surface area contributed by atoms with Crippen LogP contribution >= 0.6 is 22.9 Å². The van der Waals surface area contributed by atoms with E-state index >= 15 is 0 Å². The molecule has 6 heteroatoms. The van der Waals surface area contributed by atoms with E-state index in [9.17, 15) is 9.59 Å². The number of fused-ring (bicyclic) bond motifs is 1. The smallest absolute Gasteiger partial charge is 0.267 e. The summed E-state index contributed by atoms with van der Waals surface area (Å²) in [5, 5.41) is 4.25. The number of nitrogens with one attached hydrogen (secondary N) is 1. The number of carbonyl (C=O) groups excluding carboxylic acids is 2. The summed E-state index contributed by atoms with van der Waals surface area (Å²) in [7, 11) is 0. The Bertz CT molecular complexity index is 982. The molecule has 2 heterocycles. The quantitative estimate of drug-likeness (QED) is 0.710. The lowest BCUT2D eigenvalue weighted by atomic mass is 10.2. The Morgan fingerprint density at radius 1 is 1.16 bits per heavy atom. The molecule has 0 unspecified atom stereocenters. The molecule has 1 fully saturated rings. The van der Waals surface area contributed by atoms with Gasteiger partial charge in [-0.05, 0) is 30.7 Å². The molecule has 0 spiro atoms. The first-order valence-electron chi connectivity index (χ1n) is 8.02. The number of halogens is 1. The molecule has 1 aromatic heterocycles. The highest BCUT2D eigenvalue weighted by Gasteiger charge is 2.22. The molecule has 0 radical (unpaired) electrons. The van der Waals surface area contributed by atoms with Gasteiger partial charge < -0.3 is 10.2 Å². The average molecular weight is 371 g/mol. The fourth-order valence-electron chi connectivity index (χ4n) is 3.02. The van der Waals surface area contributed by atoms with Crippen LogP contribution < -0.4 is 10.2 Å². The summed E-state index contributed by atoms with van der Waals surface area (Å²) in [5.41, 5.74) is 1.46. The Hall–Kier alpha value is -2.37. The normalized spacial score (nSPS) is 14.3. The largest absolute Gasteiger partial charge is 0.321 e. The lowest BCUT2D eigenvalue weighted by molar-refractivity contribution is -0.117. The third-order valence-corrected chi connectivity index (χ3v) is 5.90. The predicted molar refractivity (Wildman–Crippen MR) is 103 cm³/mol. The van der Waals surface area contributed by atoms with Crippen LogP contribution in [0.2, 0.25) is 5.02 Å². The summed E-state index contributed by atoms with van der Waals surface area (Å²) in [6.45, 7) is 0.721. The predicted octanol–water partition coefficient (Wildman–Crippen LogP) is 4.93. The summed E-state index contributed by atoms with van der Waals surface area (Å²) in [6.07, 6.45) is 1.45. The minimum absolute atomic E-state index is 0.121. The Morgan fingerprint density at radius 2 is 2.00 bits per heavy atom. The summed E-state index contributed by atoms with van der Waals surface area (Å²) in [4.78, 5) is 26.8. The Balaban J connectivity index is 1.60. The van der Waals surface area contributed by atoms with Crippen LogP contribution in [0, 0.1) is 0 Å². The molecule has 4 nitrogen and oxygen atoms in total. The fraction of sp³-hybridized carbons (Fsp3) is 0.158. The van der Waals surface area contributed by atoms with E-state index in [-0.39, 0.29) is 11.8 Å². The molecule has 0 saturated carbocycles. The average Bonchev–Trinajstić information content (AvgIpc) is 3.19. The highest BCUT2D eigenvalue weighted by atomic mass is 35.5. The summed E-state index contributed by atoms with van der Waals surface area (Å²) < 4.78 is 0.981. The van der Waals surface area contributed by atoms with Gasteiger partial charge >= 0.3 is 0 Å². The van der Waals surface area contributed by atoms with Gasteiger partial charge in [0.25, 0.3) is 5.91 Å². The fourth-order valence-corrected chi connectivity index (χ4v) is 4.43. The van der Waals surface area contributed by atoms with Crippen LogP contribution in [-0.2, 0) is 4.79 Å². The van der Waals surface area contributed by atoms with Crippen molar-refractivity contribution in [1.82, 2.24) is 0 Å². The van der Waals surface area contributed by atoms with Crippen LogP contribution in [0.15, 0.2) is 48.5 Å². The van der Waals surface area contributed by atoms with Gasteiger partial charge in [-0.2, -0.15) is 0 Å². The van der Waals surface area contributed by atoms with E-state index in [0.717, 1.165) is 28.7 Å². The first-order chi connectivity index (χ1) is 12.1. The van der Waals surface area contributed by atoms with Crippen LogP contribution in [0.4, 0.5) is 11.4 Å². The summed E-state index contributed by atoms with van der Waals surface area (Å²) in [5.74, 6) is -0.118. The van der Waals surface area contributed by atoms with Crippen LogP contribution in [0.5, 0.6) is 0 Å². The molecule has 0 aliphatic carbocycles. The maximum absolute atomic E-state index is 12.6. The van der Waals surface area contributed by atoms with E-state index in [2.05, 4.69) is 5.32 Å². The highest BCUT2D eigenvalue weighted by molar-refractivity contribution is 7.21. The molecule has 0 bridgehead atoms. The van der Waals surface area contributed by atoms with Gasteiger partial charge in [0, 0.05) is 34.4 Å². The number of anilines is 2. The zero-order chi connectivity index (χ0) is 17.4. The van der Waals surface area contributed by atoms with Crippen molar-refractivity contribution < 1.29 is 9.59 Å². The SMILES string of the molecule is O=C(Nc1cccc(N2CCCC2=O)c1)c1sc2ccccc2c1Cl. The van der Waals surface area contributed by atoms with E-state index in [0.29, 0.717) is 22.0 Å². The third-order valence-electron chi connectivity index (χ3n) is 4.23. The van der Waals surface area contributed by atoms with Crippen molar-refractivity contribution in [3.63, 3.8) is 0 Å². The van der Waals surface area contributed by atoms with Gasteiger partial charge in [-0.15, -0.1) is 11.3 Å². The standard InChI is InChI=1S/C19H15ClN2O2S/c20-17-14-7-1-2-8-15(14)25-18(17)19(24)21-12-5-3-6-13(11-12)22-10-4-9-16(22)23/h1-3,5-8,11H,4,9-10H2,(H,21,24). The van der Waals surface area contributed by atoms with Gasteiger partial charge in [0.1, 0.15) is 4.88 Å². The Kier molecular flexibility index (Phi) is 4.19. The molecule has 25 heavy (non-hydrogen) atoms. The van der Waals surface area contributed by atoms with Crippen LogP contribution in [0.25, 0.3) is 10.1 Å².